The Kier molecular flexibility index (Phi) is 3.36. The summed E-state index contributed by atoms with van der Waals surface area (Å²) >= 11 is 0. The molecule has 0 bridgehead atoms. The first-order valence-electron chi connectivity index (χ1n) is 5.48. The monoisotopic (exact) mass is 184 g/mol. The van der Waals surface area contributed by atoms with Gasteiger partial charge in [-0.25, -0.2) is 0 Å². The molecule has 0 spiro atoms. The van der Waals surface area contributed by atoms with Crippen molar-refractivity contribution in [3.63, 3.8) is 0 Å². The predicted octanol–water partition coefficient (Wildman–Crippen LogP) is 1.70. The molecular formula is C11H24N2. The summed E-state index contributed by atoms with van der Waals surface area (Å²) in [5.74, 6) is 1.66. The third kappa shape index (κ3) is 2.05. The highest BCUT2D eigenvalue weighted by Gasteiger charge is 2.36. The Bertz CT molecular complexity index is 153. The molecule has 0 aliphatic carbocycles. The van der Waals surface area contributed by atoms with Gasteiger partial charge < -0.3 is 5.73 Å². The lowest BCUT2D eigenvalue weighted by Gasteiger charge is -2.37. The van der Waals surface area contributed by atoms with Gasteiger partial charge in [0.05, 0.1) is 0 Å². The van der Waals surface area contributed by atoms with Gasteiger partial charge in [0.15, 0.2) is 0 Å². The first-order valence-corrected chi connectivity index (χ1v) is 5.48. The molecule has 0 aromatic carbocycles. The molecular weight excluding hydrogens is 160 g/mol. The van der Waals surface area contributed by atoms with Gasteiger partial charge in [0.2, 0.25) is 0 Å². The zero-order valence-electron chi connectivity index (χ0n) is 9.51. The number of hydrogen-bond acceptors (Lipinski definition) is 2. The summed E-state index contributed by atoms with van der Waals surface area (Å²) in [5.41, 5.74) is 6.08. The Morgan fingerprint density at radius 1 is 1.31 bits per heavy atom. The van der Waals surface area contributed by atoms with Gasteiger partial charge in [0, 0.05) is 25.2 Å². The molecule has 1 saturated heterocycles. The van der Waals surface area contributed by atoms with Gasteiger partial charge in [-0.1, -0.05) is 20.8 Å². The number of rotatable bonds is 3. The van der Waals surface area contributed by atoms with E-state index >= 15 is 0 Å². The van der Waals surface area contributed by atoms with Crippen molar-refractivity contribution in [3.8, 4) is 0 Å². The second-order valence-corrected chi connectivity index (χ2v) is 4.91. The summed E-state index contributed by atoms with van der Waals surface area (Å²) in [6.07, 6.45) is 1.16. The van der Waals surface area contributed by atoms with Crippen molar-refractivity contribution >= 4 is 0 Å². The van der Waals surface area contributed by atoms with Crippen molar-refractivity contribution in [1.29, 1.82) is 0 Å². The number of nitrogens with zero attached hydrogens (tertiary/aromatic N) is 1. The summed E-state index contributed by atoms with van der Waals surface area (Å²) in [6.45, 7) is 12.4. The van der Waals surface area contributed by atoms with Crippen LogP contribution in [0.5, 0.6) is 0 Å². The van der Waals surface area contributed by atoms with Gasteiger partial charge in [-0.05, 0) is 25.2 Å². The summed E-state index contributed by atoms with van der Waals surface area (Å²) in [6, 6.07) is 0. The molecule has 1 fully saturated rings. The first kappa shape index (κ1) is 11.0. The van der Waals surface area contributed by atoms with E-state index in [2.05, 4.69) is 32.6 Å². The lowest BCUT2D eigenvalue weighted by Crippen LogP contribution is -2.50. The van der Waals surface area contributed by atoms with Crippen molar-refractivity contribution in [1.82, 2.24) is 4.90 Å². The largest absolute Gasteiger partial charge is 0.329 e. The van der Waals surface area contributed by atoms with Crippen LogP contribution in [0.15, 0.2) is 0 Å². The topological polar surface area (TPSA) is 29.3 Å². The van der Waals surface area contributed by atoms with E-state index < -0.39 is 0 Å². The van der Waals surface area contributed by atoms with Crippen LogP contribution in [0.1, 0.15) is 34.1 Å². The van der Waals surface area contributed by atoms with E-state index in [0.29, 0.717) is 0 Å². The molecule has 78 valence electrons. The summed E-state index contributed by atoms with van der Waals surface area (Å²) in [4.78, 5) is 2.57. The zero-order chi connectivity index (χ0) is 10.1. The van der Waals surface area contributed by atoms with Crippen molar-refractivity contribution in [3.05, 3.63) is 0 Å². The highest BCUT2D eigenvalue weighted by Crippen LogP contribution is 2.29. The maximum absolute atomic E-state index is 5.85. The van der Waals surface area contributed by atoms with Crippen LogP contribution in [0.25, 0.3) is 0 Å². The van der Waals surface area contributed by atoms with Crippen LogP contribution in [0.4, 0.5) is 0 Å². The van der Waals surface area contributed by atoms with Crippen LogP contribution in [0.2, 0.25) is 0 Å². The summed E-state index contributed by atoms with van der Waals surface area (Å²) in [7, 11) is 0. The maximum atomic E-state index is 5.85. The minimum Gasteiger partial charge on any atom is -0.329 e. The minimum absolute atomic E-state index is 0.235. The quantitative estimate of drug-likeness (QED) is 0.723. The highest BCUT2D eigenvalue weighted by molar-refractivity contribution is 4.92. The molecule has 0 aromatic heterocycles. The third-order valence-electron chi connectivity index (χ3n) is 3.95. The molecule has 13 heavy (non-hydrogen) atoms. The van der Waals surface area contributed by atoms with E-state index in [9.17, 15) is 0 Å². The molecule has 2 nitrogen and oxygen atoms in total. The van der Waals surface area contributed by atoms with Gasteiger partial charge in [-0.15, -0.1) is 0 Å². The van der Waals surface area contributed by atoms with Crippen molar-refractivity contribution < 1.29 is 0 Å². The van der Waals surface area contributed by atoms with Crippen molar-refractivity contribution in [2.45, 2.75) is 39.7 Å². The van der Waals surface area contributed by atoms with E-state index in [1.807, 2.05) is 0 Å². The Labute approximate surface area is 82.5 Å². The van der Waals surface area contributed by atoms with Gasteiger partial charge >= 0.3 is 0 Å². The molecule has 1 heterocycles. The Morgan fingerprint density at radius 2 is 1.77 bits per heavy atom. The van der Waals surface area contributed by atoms with E-state index in [-0.39, 0.29) is 5.54 Å². The Hall–Kier alpha value is -0.0800. The molecule has 1 rings (SSSR count). The van der Waals surface area contributed by atoms with E-state index in [0.717, 1.165) is 24.8 Å². The molecule has 3 unspecified atom stereocenters. The van der Waals surface area contributed by atoms with E-state index in [4.69, 9.17) is 5.73 Å². The normalized spacial score (nSPS) is 34.8. The number of nitrogens with two attached hydrogens (primary N) is 1. The first-order chi connectivity index (χ1) is 6.03. The zero-order valence-corrected chi connectivity index (χ0v) is 9.51. The van der Waals surface area contributed by atoms with Gasteiger partial charge in [-0.3, -0.25) is 4.90 Å². The number of hydrogen-bond donors (Lipinski definition) is 1. The highest BCUT2D eigenvalue weighted by atomic mass is 15.2. The predicted molar refractivity (Wildman–Crippen MR) is 57.7 cm³/mol. The molecule has 3 atom stereocenters. The fourth-order valence-corrected chi connectivity index (χ4v) is 2.07. The van der Waals surface area contributed by atoms with Gasteiger partial charge in [0.1, 0.15) is 0 Å². The lowest BCUT2D eigenvalue weighted by molar-refractivity contribution is 0.131. The molecule has 0 saturated carbocycles. The average molecular weight is 184 g/mol. The maximum Gasteiger partial charge on any atom is 0.0301 e. The molecule has 2 heteroatoms. The van der Waals surface area contributed by atoms with Crippen LogP contribution in [0.3, 0.4) is 0 Å². The van der Waals surface area contributed by atoms with Crippen LogP contribution in [-0.2, 0) is 0 Å². The summed E-state index contributed by atoms with van der Waals surface area (Å²) in [5, 5.41) is 0. The van der Waals surface area contributed by atoms with Crippen LogP contribution in [0, 0.1) is 11.8 Å². The van der Waals surface area contributed by atoms with Crippen LogP contribution in [-0.4, -0.2) is 30.1 Å². The Balaban J connectivity index is 2.62. The van der Waals surface area contributed by atoms with Crippen molar-refractivity contribution in [2.75, 3.05) is 19.6 Å². The number of likely N-dealkylation sites (tertiary alicyclic amines) is 1. The molecule has 2 N–H and O–H groups in total. The summed E-state index contributed by atoms with van der Waals surface area (Å²) < 4.78 is 0. The SMILES string of the molecule is CCC(C)(CN)N1CC(C)C(C)C1. The molecule has 0 amide bonds. The van der Waals surface area contributed by atoms with Crippen LogP contribution >= 0.6 is 0 Å². The lowest BCUT2D eigenvalue weighted by atomic mass is 9.97. The van der Waals surface area contributed by atoms with Crippen molar-refractivity contribution in [2.24, 2.45) is 17.6 Å². The van der Waals surface area contributed by atoms with E-state index in [1.165, 1.54) is 13.1 Å². The van der Waals surface area contributed by atoms with Crippen LogP contribution < -0.4 is 5.73 Å². The standard InChI is InChI=1S/C11H24N2/c1-5-11(4,8-12)13-6-9(2)10(3)7-13/h9-10H,5-8,12H2,1-4H3. The fraction of sp³-hybridized carbons (Fsp3) is 1.00. The molecule has 0 radical (unpaired) electrons. The minimum atomic E-state index is 0.235. The Morgan fingerprint density at radius 3 is 2.08 bits per heavy atom. The third-order valence-corrected chi connectivity index (χ3v) is 3.95. The van der Waals surface area contributed by atoms with Gasteiger partial charge in [-0.2, -0.15) is 0 Å². The molecule has 1 aliphatic rings. The van der Waals surface area contributed by atoms with Gasteiger partial charge in [0.25, 0.3) is 0 Å². The fourth-order valence-electron chi connectivity index (χ4n) is 2.07. The average Bonchev–Trinajstić information content (AvgIpc) is 2.46. The smallest absolute Gasteiger partial charge is 0.0301 e. The second-order valence-electron chi connectivity index (χ2n) is 4.91. The van der Waals surface area contributed by atoms with E-state index in [1.54, 1.807) is 0 Å². The second kappa shape index (κ2) is 3.97. The molecule has 0 aromatic rings. The molecule has 1 aliphatic heterocycles.